The van der Waals surface area contributed by atoms with Crippen molar-refractivity contribution in [1.82, 2.24) is 20.2 Å². The number of nitrogens with zero attached hydrogens (tertiary/aromatic N) is 2. The summed E-state index contributed by atoms with van der Waals surface area (Å²) in [5.41, 5.74) is 3.10. The van der Waals surface area contributed by atoms with Crippen LogP contribution in [0, 0.1) is 0 Å². The van der Waals surface area contributed by atoms with Gasteiger partial charge in [0.2, 0.25) is 0 Å². The van der Waals surface area contributed by atoms with Crippen molar-refractivity contribution in [3.8, 4) is 0 Å². The first-order valence-corrected chi connectivity index (χ1v) is 15.2. The third kappa shape index (κ3) is 6.56. The van der Waals surface area contributed by atoms with Crippen LogP contribution in [0.2, 0.25) is 0 Å². The van der Waals surface area contributed by atoms with Gasteiger partial charge >= 0.3 is 12.1 Å². The molecule has 1 amide bonds. The maximum Gasteiger partial charge on any atom is 0.407 e. The highest BCUT2D eigenvalue weighted by Gasteiger charge is 2.43. The summed E-state index contributed by atoms with van der Waals surface area (Å²) in [6, 6.07) is 39.1. The largest absolute Gasteiger partial charge is 0.480 e. The standard InChI is InChI=1S/C37H36N4O5/c42-34(43)33(40-36(25-45-26-36)24-38-35(44)46-23-28-13-5-1-6-14-28)21-32-22-41(27-39-32)37(29-15-7-2-8-16-29,30-17-9-3-10-18-30)31-19-11-4-12-20-31/h1-20,22,27,33,40H,21,23-26H2,(H,38,44)(H,42,43)/t33-/m0/s1. The number of carbonyl (C=O) groups is 2. The first-order valence-electron chi connectivity index (χ1n) is 15.2. The van der Waals surface area contributed by atoms with E-state index in [0.29, 0.717) is 5.69 Å². The van der Waals surface area contributed by atoms with Gasteiger partial charge in [-0.2, -0.15) is 0 Å². The number of hydrogen-bond donors (Lipinski definition) is 3. The zero-order valence-electron chi connectivity index (χ0n) is 25.3. The van der Waals surface area contributed by atoms with Crippen LogP contribution in [0.4, 0.5) is 4.79 Å². The summed E-state index contributed by atoms with van der Waals surface area (Å²) in [4.78, 5) is 29.7. The lowest BCUT2D eigenvalue weighted by Crippen LogP contribution is -2.69. The molecule has 5 aromatic rings. The average Bonchev–Trinajstić information content (AvgIpc) is 3.55. The minimum Gasteiger partial charge on any atom is -0.480 e. The predicted octanol–water partition coefficient (Wildman–Crippen LogP) is 5.00. The van der Waals surface area contributed by atoms with Crippen LogP contribution in [0.3, 0.4) is 0 Å². The highest BCUT2D eigenvalue weighted by molar-refractivity contribution is 5.74. The monoisotopic (exact) mass is 616 g/mol. The number of alkyl carbamates (subject to hydrolysis) is 1. The molecule has 0 bridgehead atoms. The van der Waals surface area contributed by atoms with Crippen molar-refractivity contribution in [3.63, 3.8) is 0 Å². The fraction of sp³-hybridized carbons (Fsp3) is 0.216. The van der Waals surface area contributed by atoms with Gasteiger partial charge in [-0.1, -0.05) is 121 Å². The SMILES string of the molecule is O=C(NCC1(N[C@@H](Cc2cn(C(c3ccccc3)(c3ccccc3)c3ccccc3)cn2)C(=O)O)COC1)OCc1ccccc1. The van der Waals surface area contributed by atoms with Gasteiger partial charge in [0.05, 0.1) is 30.8 Å². The van der Waals surface area contributed by atoms with E-state index in [4.69, 9.17) is 14.5 Å². The average molecular weight is 617 g/mol. The zero-order valence-corrected chi connectivity index (χ0v) is 25.3. The summed E-state index contributed by atoms with van der Waals surface area (Å²) in [5, 5.41) is 16.3. The Morgan fingerprint density at radius 1 is 0.848 bits per heavy atom. The van der Waals surface area contributed by atoms with Crippen molar-refractivity contribution in [2.45, 2.75) is 30.1 Å². The minimum atomic E-state index is -1.02. The molecule has 9 heteroatoms. The van der Waals surface area contributed by atoms with E-state index in [9.17, 15) is 14.7 Å². The molecular formula is C37H36N4O5. The summed E-state index contributed by atoms with van der Waals surface area (Å²) >= 11 is 0. The lowest BCUT2D eigenvalue weighted by molar-refractivity contribution is -0.143. The minimum absolute atomic E-state index is 0.122. The summed E-state index contributed by atoms with van der Waals surface area (Å²) < 4.78 is 12.9. The molecule has 3 N–H and O–H groups in total. The van der Waals surface area contributed by atoms with E-state index in [1.165, 1.54) is 0 Å². The Bertz CT molecular complexity index is 1630. The number of amides is 1. The van der Waals surface area contributed by atoms with Gasteiger partial charge in [-0.15, -0.1) is 0 Å². The summed E-state index contributed by atoms with van der Waals surface area (Å²) in [6.07, 6.45) is 3.24. The molecule has 1 fully saturated rings. The Morgan fingerprint density at radius 3 is 1.85 bits per heavy atom. The van der Waals surface area contributed by atoms with Crippen LogP contribution in [0.1, 0.15) is 27.9 Å². The summed E-state index contributed by atoms with van der Waals surface area (Å²) in [7, 11) is 0. The first-order chi connectivity index (χ1) is 22.5. The normalized spacial score (nSPS) is 14.5. The number of imidazole rings is 1. The van der Waals surface area contributed by atoms with E-state index in [2.05, 4.69) is 51.6 Å². The van der Waals surface area contributed by atoms with E-state index >= 15 is 0 Å². The highest BCUT2D eigenvalue weighted by Crippen LogP contribution is 2.40. The van der Waals surface area contributed by atoms with Gasteiger partial charge in [-0.25, -0.2) is 9.78 Å². The molecule has 4 aromatic carbocycles. The fourth-order valence-corrected chi connectivity index (χ4v) is 6.02. The van der Waals surface area contributed by atoms with Gasteiger partial charge in [-0.05, 0) is 22.3 Å². The van der Waals surface area contributed by atoms with E-state index in [1.807, 2.05) is 91.1 Å². The van der Waals surface area contributed by atoms with Crippen molar-refractivity contribution in [2.24, 2.45) is 0 Å². The second kappa shape index (κ2) is 13.8. The molecule has 234 valence electrons. The van der Waals surface area contributed by atoms with Gasteiger partial charge in [0.25, 0.3) is 0 Å². The van der Waals surface area contributed by atoms with E-state index in [1.54, 1.807) is 6.33 Å². The molecule has 1 aromatic heterocycles. The van der Waals surface area contributed by atoms with Crippen LogP contribution in [-0.2, 0) is 32.8 Å². The number of aliphatic carboxylic acids is 1. The predicted molar refractivity (Wildman–Crippen MR) is 173 cm³/mol. The van der Waals surface area contributed by atoms with Gasteiger partial charge < -0.3 is 24.5 Å². The highest BCUT2D eigenvalue weighted by atomic mass is 16.5. The third-order valence-electron chi connectivity index (χ3n) is 8.33. The summed E-state index contributed by atoms with van der Waals surface area (Å²) in [5.74, 6) is -1.02. The maximum atomic E-state index is 12.5. The molecule has 1 aliphatic rings. The third-order valence-corrected chi connectivity index (χ3v) is 8.33. The molecule has 46 heavy (non-hydrogen) atoms. The fourth-order valence-electron chi connectivity index (χ4n) is 6.02. The molecule has 6 rings (SSSR count). The molecule has 0 unspecified atom stereocenters. The number of rotatable bonds is 13. The Labute approximate surface area is 267 Å². The molecule has 0 radical (unpaired) electrons. The van der Waals surface area contributed by atoms with Crippen LogP contribution in [-0.4, -0.2) is 58.1 Å². The quantitative estimate of drug-likeness (QED) is 0.160. The number of carboxylic acids is 1. The van der Waals surface area contributed by atoms with Gasteiger partial charge in [0.15, 0.2) is 0 Å². The Balaban J connectivity index is 1.23. The van der Waals surface area contributed by atoms with Crippen LogP contribution < -0.4 is 10.6 Å². The van der Waals surface area contributed by atoms with Gasteiger partial charge in [0, 0.05) is 19.2 Å². The van der Waals surface area contributed by atoms with Gasteiger partial charge in [0.1, 0.15) is 18.2 Å². The molecule has 2 heterocycles. The van der Waals surface area contributed by atoms with Crippen LogP contribution in [0.15, 0.2) is 134 Å². The Morgan fingerprint density at radius 2 is 1.37 bits per heavy atom. The number of ether oxygens (including phenoxy) is 2. The van der Waals surface area contributed by atoms with Crippen LogP contribution >= 0.6 is 0 Å². The van der Waals surface area contributed by atoms with Crippen molar-refractivity contribution < 1.29 is 24.2 Å². The molecular weight excluding hydrogens is 580 g/mol. The van der Waals surface area contributed by atoms with E-state index < -0.39 is 29.2 Å². The lowest BCUT2D eigenvalue weighted by Gasteiger charge is -2.43. The Kier molecular flexibility index (Phi) is 9.23. The Hall–Kier alpha value is -5.25. The molecule has 1 saturated heterocycles. The maximum absolute atomic E-state index is 12.5. The van der Waals surface area contributed by atoms with Crippen LogP contribution in [0.25, 0.3) is 0 Å². The molecule has 9 nitrogen and oxygen atoms in total. The van der Waals surface area contributed by atoms with Crippen molar-refractivity contribution in [1.29, 1.82) is 0 Å². The number of nitrogens with one attached hydrogen (secondary N) is 2. The number of carbonyl (C=O) groups excluding carboxylic acids is 1. The molecule has 1 atom stereocenters. The smallest absolute Gasteiger partial charge is 0.407 e. The van der Waals surface area contributed by atoms with Gasteiger partial charge in [-0.3, -0.25) is 10.1 Å². The first kappa shape index (κ1) is 30.8. The number of aromatic nitrogens is 2. The zero-order chi connectivity index (χ0) is 31.8. The number of hydrogen-bond acceptors (Lipinski definition) is 6. The second-order valence-corrected chi connectivity index (χ2v) is 11.5. The van der Waals surface area contributed by atoms with E-state index in [-0.39, 0.29) is 32.8 Å². The molecule has 0 aliphatic carbocycles. The molecule has 1 aliphatic heterocycles. The number of benzene rings is 4. The topological polar surface area (TPSA) is 115 Å². The van der Waals surface area contributed by atoms with Crippen molar-refractivity contribution >= 4 is 12.1 Å². The summed E-state index contributed by atoms with van der Waals surface area (Å²) in [6.45, 7) is 0.797. The molecule has 0 saturated carbocycles. The van der Waals surface area contributed by atoms with E-state index in [0.717, 1.165) is 22.3 Å². The lowest BCUT2D eigenvalue weighted by atomic mass is 9.77. The van der Waals surface area contributed by atoms with Crippen molar-refractivity contribution in [3.05, 3.63) is 162 Å². The van der Waals surface area contributed by atoms with Crippen LogP contribution in [0.5, 0.6) is 0 Å². The second-order valence-electron chi connectivity index (χ2n) is 11.5. The van der Waals surface area contributed by atoms with Crippen molar-refractivity contribution in [2.75, 3.05) is 19.8 Å². The molecule has 0 spiro atoms. The number of carboxylic acid groups (broad SMARTS) is 1.